The minimum absolute atomic E-state index is 0. The van der Waals surface area contributed by atoms with Gasteiger partial charge in [0.05, 0.1) is 18.6 Å². The van der Waals surface area contributed by atoms with Crippen LogP contribution in [-0.4, -0.2) is 210 Å². The van der Waals surface area contributed by atoms with Gasteiger partial charge in [-0.15, -0.1) is 0 Å². The number of ketones is 2. The molecular weight excluding hydrogens is 1180 g/mol. The minimum Gasteiger partial charge on any atom is -0.426 e. The van der Waals surface area contributed by atoms with Crippen molar-refractivity contribution in [1.82, 2.24) is 44.4 Å². The Morgan fingerprint density at radius 1 is 0.959 bits per heavy atom. The van der Waals surface area contributed by atoms with E-state index in [0.717, 1.165) is 4.90 Å². The molecular formula is C47H73BN13O10PbV-. The first-order valence-corrected chi connectivity index (χ1v) is 28.0. The number of aliphatic imine (C=N–C) groups is 1. The molecule has 2 fully saturated rings. The van der Waals surface area contributed by atoms with Crippen LogP contribution in [0.25, 0.3) is 10.8 Å². The predicted molar refractivity (Wildman–Crippen MR) is 275 cm³/mol. The molecule has 15 N–H and O–H groups in total. The van der Waals surface area contributed by atoms with E-state index in [-0.39, 0.29) is 112 Å². The second kappa shape index (κ2) is 32.0. The molecule has 2 aliphatic heterocycles. The molecule has 3 unspecified atom stereocenters. The van der Waals surface area contributed by atoms with Crippen LogP contribution in [0.1, 0.15) is 79.0 Å². The summed E-state index contributed by atoms with van der Waals surface area (Å²) in [5.41, 5.74) is 18.4. The van der Waals surface area contributed by atoms with Crippen molar-refractivity contribution in [3.8, 4) is 0 Å². The smallest absolute Gasteiger partial charge is 0.426 e. The summed E-state index contributed by atoms with van der Waals surface area (Å²) in [5, 5.41) is 47.5. The Morgan fingerprint density at radius 3 is 2.25 bits per heavy atom. The molecule has 73 heavy (non-hydrogen) atoms. The standard InChI is InChI=1S/C47H73BN13O10.Pb.V/c1-4-53-26-33(62)22-31(21-32(49)25-52-2)23-34(63)27-54-19-20-60(3)30-42(65)59-40(13-10-18-57-47(50)51)46(69)56-17-9-5-8-16-55-44(67)38-14-15-39(37-12-7-6-11-36(37)38)45(68)58-28-43(66)61-29-35(64)24-41(61)48(70)71;;/h6-7,11-12,14-15,21,35,40-41,52-53,64,70-71H,3-5,8-10,13,16-20,22-30,49H2,1-2H3,(H,55,67)(H,56,69)(H,58,68)(H,59,65)(H4,50,51,57);;/q-2;+1;/b32-21+;;. The van der Waals surface area contributed by atoms with Crippen LogP contribution in [-0.2, 0) is 42.5 Å². The number of likely N-dealkylation sites (N-methyl/N-ethyl adjacent to an activating group) is 2. The summed E-state index contributed by atoms with van der Waals surface area (Å²) in [6.07, 6.45) is 4.07. The molecule has 0 spiro atoms. The van der Waals surface area contributed by atoms with Crippen molar-refractivity contribution >= 4 is 89.5 Å². The van der Waals surface area contributed by atoms with Crippen molar-refractivity contribution < 1.29 is 67.3 Å². The second-order valence-corrected chi connectivity index (χ2v) is 25.4. The number of guanidine groups is 1. The Kier molecular flexibility index (Phi) is 27.6. The maximum absolute atomic E-state index is 13.4. The zero-order chi connectivity index (χ0) is 52.8. The fourth-order valence-corrected chi connectivity index (χ4v) is 16.1. The molecule has 0 aliphatic carbocycles. The number of rotatable bonds is 30. The molecule has 2 aromatic carbocycles. The fourth-order valence-electron chi connectivity index (χ4n) is 8.75. The summed E-state index contributed by atoms with van der Waals surface area (Å²) in [7, 11) is 4.00. The fraction of sp³-hybridized carbons (Fsp3) is 0.553. The van der Waals surface area contributed by atoms with E-state index in [1.807, 2.05) is 13.0 Å². The van der Waals surface area contributed by atoms with E-state index >= 15 is 0 Å². The van der Waals surface area contributed by atoms with Gasteiger partial charge in [0.1, 0.15) is 0 Å². The molecule has 0 aromatic heterocycles. The number of allylic oxidation sites excluding steroid dienone is 1. The molecule has 0 saturated carbocycles. The topological polar surface area (TPSA) is 353 Å². The number of unbranched alkanes of at least 4 members (excludes halogenated alkanes) is 2. The number of fused-ring (bicyclic) bond motifs is 1. The molecule has 23 nitrogen and oxygen atoms in total. The summed E-state index contributed by atoms with van der Waals surface area (Å²) < 4.78 is 1.57. The first-order valence-electron chi connectivity index (χ1n) is 24.3. The van der Waals surface area contributed by atoms with Crippen molar-refractivity contribution in [3.63, 3.8) is 0 Å². The number of Topliss-reactive ketones (excluding diaryl/α,β-unsaturated/α-hetero) is 2. The molecule has 4 atom stereocenters. The SMILES string of the molecule is [CH2-]N(CC[N]1CC(=O)C[C@@](/C=C(/N)CNC)(CC(=O)CNCC)[Pb]1)CC(=O)NC(CCCN=C(N)N)C(=O)NCCCCCNC(=O)c1ccc(C(=O)NCC(=O)N2CC(O)CC2B(O)O)c2ccccc12.[V]. The number of likely N-dealkylation sites (tertiary alicyclic amines) is 1. The van der Waals surface area contributed by atoms with Crippen molar-refractivity contribution in [1.29, 1.82) is 0 Å². The van der Waals surface area contributed by atoms with Gasteiger partial charge in [-0.2, -0.15) is 0 Å². The van der Waals surface area contributed by atoms with E-state index in [0.29, 0.717) is 87.0 Å². The van der Waals surface area contributed by atoms with Crippen LogP contribution in [0.4, 0.5) is 0 Å². The summed E-state index contributed by atoms with van der Waals surface area (Å²) in [4.78, 5) is 98.9. The number of amides is 5. The Balaban J connectivity index is 0.0000141. The van der Waals surface area contributed by atoms with E-state index in [1.54, 1.807) is 36.2 Å². The van der Waals surface area contributed by atoms with Crippen LogP contribution in [0.2, 0.25) is 2.97 Å². The number of nitrogens with one attached hydrogen (secondary N) is 6. The van der Waals surface area contributed by atoms with Gasteiger partial charge in [-0.05, 0) is 42.2 Å². The van der Waals surface area contributed by atoms with Gasteiger partial charge in [-0.3, -0.25) is 14.4 Å². The number of aliphatic hydroxyl groups excluding tert-OH is 1. The van der Waals surface area contributed by atoms with Gasteiger partial charge in [0.25, 0.3) is 11.8 Å². The van der Waals surface area contributed by atoms with Gasteiger partial charge in [0.15, 0.2) is 5.96 Å². The zero-order valence-corrected chi connectivity index (χ0v) is 47.2. The maximum atomic E-state index is 13.4. The molecule has 2 saturated heterocycles. The van der Waals surface area contributed by atoms with Crippen LogP contribution >= 0.6 is 0 Å². The first kappa shape index (κ1) is 62.8. The molecule has 2 aliphatic rings. The summed E-state index contributed by atoms with van der Waals surface area (Å²) in [6.45, 7) is 4.65. The number of hydrogen-bond donors (Lipinski definition) is 12. The van der Waals surface area contributed by atoms with E-state index in [4.69, 9.17) is 17.2 Å². The summed E-state index contributed by atoms with van der Waals surface area (Å²) in [6, 6.07) is 9.03. The van der Waals surface area contributed by atoms with Gasteiger partial charge in [-0.1, -0.05) is 24.3 Å². The van der Waals surface area contributed by atoms with E-state index in [9.17, 15) is 48.7 Å². The van der Waals surface area contributed by atoms with E-state index in [2.05, 4.69) is 46.7 Å². The van der Waals surface area contributed by atoms with Crippen molar-refractivity contribution in [3.05, 3.63) is 66.3 Å². The molecule has 3 radical (unpaired) electrons. The number of nitrogens with two attached hydrogens (primary N) is 3. The van der Waals surface area contributed by atoms with Crippen LogP contribution in [0.15, 0.2) is 53.2 Å². The number of benzene rings is 2. The van der Waals surface area contributed by atoms with Gasteiger partial charge in [0.2, 0.25) is 5.91 Å². The van der Waals surface area contributed by atoms with Crippen molar-refractivity contribution in [2.24, 2.45) is 22.2 Å². The number of β-amino-alcohol motifs (C(OH)–C–C–N with tert-alkyl or cyclic N) is 1. The van der Waals surface area contributed by atoms with Crippen LogP contribution < -0.4 is 49.1 Å². The Morgan fingerprint density at radius 2 is 1.62 bits per heavy atom. The molecule has 4 rings (SSSR count). The normalized spacial score (nSPS) is 18.4. The molecule has 399 valence electrons. The Hall–Kier alpha value is -4.51. The number of nitrogens with zero attached hydrogens (tertiary/aromatic N) is 4. The summed E-state index contributed by atoms with van der Waals surface area (Å²) >= 11 is -1.85. The number of aliphatic hydroxyl groups is 1. The number of carbonyl (C=O) groups excluding carboxylic acids is 7. The zero-order valence-electron chi connectivity index (χ0n) is 41.9. The minimum atomic E-state index is -1.85. The third-order valence-electron chi connectivity index (χ3n) is 12.1. The average molecular weight is 1250 g/mol. The van der Waals surface area contributed by atoms with Crippen molar-refractivity contribution in [2.75, 3.05) is 85.6 Å². The third kappa shape index (κ3) is 21.0. The average Bonchev–Trinajstić information content (AvgIpc) is 3.73. The van der Waals surface area contributed by atoms with E-state index in [1.165, 1.54) is 12.1 Å². The number of hydrogen-bond acceptors (Lipinski definition) is 16. The van der Waals surface area contributed by atoms with Crippen molar-refractivity contribution in [2.45, 2.75) is 79.4 Å². The summed E-state index contributed by atoms with van der Waals surface area (Å²) in [5.74, 6) is -3.30. The first-order chi connectivity index (χ1) is 34.3. The third-order valence-corrected chi connectivity index (χ3v) is 18.5. The van der Waals surface area contributed by atoms with Crippen LogP contribution in [0.3, 0.4) is 0 Å². The van der Waals surface area contributed by atoms with E-state index < -0.39 is 77.0 Å². The second-order valence-electron chi connectivity index (χ2n) is 18.2. The molecule has 2 aromatic rings. The van der Waals surface area contributed by atoms with Crippen LogP contribution in [0.5, 0.6) is 0 Å². The molecule has 5 amide bonds. The molecule has 0 bridgehead atoms. The number of carbonyl (C=O) groups is 7. The monoisotopic (exact) mass is 1250 g/mol. The van der Waals surface area contributed by atoms with Crippen LogP contribution in [0, 0.1) is 7.05 Å². The predicted octanol–water partition coefficient (Wildman–Crippen LogP) is -3.13. The van der Waals surface area contributed by atoms with Gasteiger partial charge < -0.3 is 42.2 Å². The Bertz CT molecular complexity index is 2260. The Labute approximate surface area is 452 Å². The molecule has 26 heteroatoms. The van der Waals surface area contributed by atoms with Gasteiger partial charge >= 0.3 is 247 Å². The quantitative estimate of drug-likeness (QED) is 0.0121. The molecule has 2 heterocycles. The van der Waals surface area contributed by atoms with Gasteiger partial charge in [0, 0.05) is 42.8 Å². The van der Waals surface area contributed by atoms with Gasteiger partial charge in [-0.25, -0.2) is 0 Å².